The van der Waals surface area contributed by atoms with Crippen LogP contribution in [0.5, 0.6) is 5.75 Å². The fourth-order valence-electron chi connectivity index (χ4n) is 1.25. The highest BCUT2D eigenvalue weighted by Gasteiger charge is 2.19. The standard InChI is InChI=1S/C10H14O5S2/c1-3-16(12,13)9-5-8(11)6-10(7-9)17(14,15)4-2/h5-7,11H,3-4H2,1-2H3. The fraction of sp³-hybridized carbons (Fsp3) is 0.400. The van der Waals surface area contributed by atoms with Crippen LogP contribution >= 0.6 is 0 Å². The van der Waals surface area contributed by atoms with E-state index in [2.05, 4.69) is 0 Å². The first-order chi connectivity index (χ1) is 7.73. The summed E-state index contributed by atoms with van der Waals surface area (Å²) in [6.07, 6.45) is 0. The van der Waals surface area contributed by atoms with Crippen LogP contribution in [0.3, 0.4) is 0 Å². The summed E-state index contributed by atoms with van der Waals surface area (Å²) in [4.78, 5) is -0.348. The molecule has 0 saturated carbocycles. The van der Waals surface area contributed by atoms with Crippen LogP contribution in [0.1, 0.15) is 13.8 Å². The van der Waals surface area contributed by atoms with E-state index in [1.54, 1.807) is 0 Å². The Morgan fingerprint density at radius 1 is 0.882 bits per heavy atom. The molecule has 5 nitrogen and oxygen atoms in total. The van der Waals surface area contributed by atoms with Crippen LogP contribution in [0.25, 0.3) is 0 Å². The molecule has 0 aromatic heterocycles. The highest BCUT2D eigenvalue weighted by Crippen LogP contribution is 2.24. The summed E-state index contributed by atoms with van der Waals surface area (Å²) in [7, 11) is -7.07. The van der Waals surface area contributed by atoms with E-state index in [1.165, 1.54) is 13.8 Å². The van der Waals surface area contributed by atoms with E-state index in [-0.39, 0.29) is 27.0 Å². The van der Waals surface area contributed by atoms with Gasteiger partial charge in [-0.1, -0.05) is 13.8 Å². The summed E-state index contributed by atoms with van der Waals surface area (Å²) in [5.74, 6) is -0.670. The lowest BCUT2D eigenvalue weighted by atomic mass is 10.3. The molecule has 0 spiro atoms. The molecule has 0 saturated heterocycles. The third kappa shape index (κ3) is 2.98. The van der Waals surface area contributed by atoms with Crippen molar-refractivity contribution in [3.05, 3.63) is 18.2 Å². The van der Waals surface area contributed by atoms with Crippen LogP contribution in [-0.2, 0) is 19.7 Å². The molecule has 0 amide bonds. The molecule has 1 aromatic carbocycles. The number of phenols is 1. The lowest BCUT2D eigenvalue weighted by Crippen LogP contribution is -2.08. The molecule has 7 heteroatoms. The molecule has 0 radical (unpaired) electrons. The third-order valence-electron chi connectivity index (χ3n) is 2.34. The van der Waals surface area contributed by atoms with E-state index in [0.717, 1.165) is 18.2 Å². The minimum atomic E-state index is -3.54. The van der Waals surface area contributed by atoms with Crippen molar-refractivity contribution in [3.8, 4) is 5.75 Å². The van der Waals surface area contributed by atoms with E-state index in [9.17, 15) is 21.9 Å². The van der Waals surface area contributed by atoms with Gasteiger partial charge in [-0.2, -0.15) is 0 Å². The van der Waals surface area contributed by atoms with Gasteiger partial charge in [0.15, 0.2) is 19.7 Å². The fourth-order valence-corrected chi connectivity index (χ4v) is 3.20. The van der Waals surface area contributed by atoms with Gasteiger partial charge in [0.05, 0.1) is 21.3 Å². The average molecular weight is 278 g/mol. The Bertz CT molecular complexity index is 562. The van der Waals surface area contributed by atoms with Crippen LogP contribution in [0, 0.1) is 0 Å². The van der Waals surface area contributed by atoms with Crippen LogP contribution in [-0.4, -0.2) is 33.4 Å². The van der Waals surface area contributed by atoms with Crippen molar-refractivity contribution in [2.75, 3.05) is 11.5 Å². The summed E-state index contributed by atoms with van der Waals surface area (Å²) in [6, 6.07) is 3.18. The van der Waals surface area contributed by atoms with Gasteiger partial charge in [0, 0.05) is 0 Å². The number of benzene rings is 1. The molecular weight excluding hydrogens is 264 g/mol. The Morgan fingerprint density at radius 3 is 1.53 bits per heavy atom. The van der Waals surface area contributed by atoms with Crippen LogP contribution < -0.4 is 0 Å². The van der Waals surface area contributed by atoms with Crippen molar-refractivity contribution >= 4 is 19.7 Å². The molecule has 1 aromatic rings. The lowest BCUT2D eigenvalue weighted by molar-refractivity contribution is 0.470. The quantitative estimate of drug-likeness (QED) is 0.887. The van der Waals surface area contributed by atoms with Crippen molar-refractivity contribution in [2.24, 2.45) is 0 Å². The molecule has 0 fully saturated rings. The molecule has 0 aliphatic rings. The van der Waals surface area contributed by atoms with Gasteiger partial charge < -0.3 is 5.11 Å². The molecule has 0 heterocycles. The van der Waals surface area contributed by atoms with Gasteiger partial charge in [0.1, 0.15) is 5.75 Å². The van der Waals surface area contributed by atoms with Gasteiger partial charge in [-0.15, -0.1) is 0 Å². The summed E-state index contributed by atoms with van der Waals surface area (Å²) in [5.41, 5.74) is 0. The summed E-state index contributed by atoms with van der Waals surface area (Å²) >= 11 is 0. The van der Waals surface area contributed by atoms with Crippen molar-refractivity contribution in [1.29, 1.82) is 0 Å². The Labute approximate surface area is 101 Å². The predicted molar refractivity (Wildman–Crippen MR) is 63.6 cm³/mol. The van der Waals surface area contributed by atoms with E-state index in [1.807, 2.05) is 0 Å². The average Bonchev–Trinajstić information content (AvgIpc) is 2.28. The van der Waals surface area contributed by atoms with E-state index < -0.39 is 19.7 Å². The zero-order valence-electron chi connectivity index (χ0n) is 9.54. The monoisotopic (exact) mass is 278 g/mol. The number of aromatic hydroxyl groups is 1. The van der Waals surface area contributed by atoms with Gasteiger partial charge >= 0.3 is 0 Å². The molecule has 0 aliphatic heterocycles. The second-order valence-electron chi connectivity index (χ2n) is 3.47. The van der Waals surface area contributed by atoms with Crippen molar-refractivity contribution < 1.29 is 21.9 Å². The normalized spacial score (nSPS) is 12.6. The molecule has 0 bridgehead atoms. The largest absolute Gasteiger partial charge is 0.508 e. The number of hydrogen-bond acceptors (Lipinski definition) is 5. The van der Waals surface area contributed by atoms with Gasteiger partial charge in [-0.05, 0) is 18.2 Å². The Morgan fingerprint density at radius 2 is 1.24 bits per heavy atom. The Kier molecular flexibility index (Phi) is 3.83. The van der Waals surface area contributed by atoms with E-state index >= 15 is 0 Å². The maximum absolute atomic E-state index is 11.6. The topological polar surface area (TPSA) is 88.5 Å². The SMILES string of the molecule is CCS(=O)(=O)c1cc(O)cc(S(=O)(=O)CC)c1. The minimum Gasteiger partial charge on any atom is -0.508 e. The predicted octanol–water partition coefficient (Wildman–Crippen LogP) is 0.979. The molecule has 0 unspecified atom stereocenters. The lowest BCUT2D eigenvalue weighted by Gasteiger charge is -2.06. The highest BCUT2D eigenvalue weighted by atomic mass is 32.2. The van der Waals surface area contributed by atoms with Gasteiger partial charge in [-0.3, -0.25) is 0 Å². The molecule has 1 rings (SSSR count). The number of phenolic OH excluding ortho intramolecular Hbond substituents is 1. The number of sulfone groups is 2. The second-order valence-corrected chi connectivity index (χ2v) is 8.03. The molecule has 96 valence electrons. The van der Waals surface area contributed by atoms with Crippen LogP contribution in [0.2, 0.25) is 0 Å². The first-order valence-electron chi connectivity index (χ1n) is 5.02. The zero-order valence-corrected chi connectivity index (χ0v) is 11.2. The summed E-state index contributed by atoms with van der Waals surface area (Å²) in [5, 5.41) is 9.38. The van der Waals surface area contributed by atoms with Crippen molar-refractivity contribution in [1.82, 2.24) is 0 Å². The Balaban J connectivity index is 3.51. The minimum absolute atomic E-state index is 0.151. The third-order valence-corrected chi connectivity index (χ3v) is 5.77. The Hall–Kier alpha value is -1.08. The van der Waals surface area contributed by atoms with Crippen LogP contribution in [0.4, 0.5) is 0 Å². The maximum Gasteiger partial charge on any atom is 0.178 e. The van der Waals surface area contributed by atoms with Crippen molar-refractivity contribution in [3.63, 3.8) is 0 Å². The van der Waals surface area contributed by atoms with Crippen LogP contribution in [0.15, 0.2) is 28.0 Å². The smallest absolute Gasteiger partial charge is 0.178 e. The van der Waals surface area contributed by atoms with Gasteiger partial charge in [-0.25, -0.2) is 16.8 Å². The van der Waals surface area contributed by atoms with Gasteiger partial charge in [0.2, 0.25) is 0 Å². The van der Waals surface area contributed by atoms with Gasteiger partial charge in [0.25, 0.3) is 0 Å². The summed E-state index contributed by atoms with van der Waals surface area (Å²) in [6.45, 7) is 2.90. The van der Waals surface area contributed by atoms with E-state index in [4.69, 9.17) is 0 Å². The summed E-state index contributed by atoms with van der Waals surface area (Å²) < 4.78 is 46.5. The highest BCUT2D eigenvalue weighted by molar-refractivity contribution is 7.92. The second kappa shape index (κ2) is 4.66. The maximum atomic E-state index is 11.6. The molecule has 0 atom stereocenters. The first-order valence-corrected chi connectivity index (χ1v) is 8.33. The van der Waals surface area contributed by atoms with Crippen molar-refractivity contribution in [2.45, 2.75) is 23.6 Å². The molecule has 17 heavy (non-hydrogen) atoms. The zero-order chi connectivity index (χ0) is 13.3. The number of hydrogen-bond donors (Lipinski definition) is 1. The van der Waals surface area contributed by atoms with E-state index in [0.29, 0.717) is 0 Å². The molecule has 1 N–H and O–H groups in total. The molecular formula is C10H14O5S2. The molecule has 0 aliphatic carbocycles. The number of rotatable bonds is 4. The first kappa shape index (κ1) is 14.0.